The number of hydrogen-bond acceptors (Lipinski definition) is 3. The van der Waals surface area contributed by atoms with E-state index in [0.29, 0.717) is 0 Å². The number of benzene rings is 1. The summed E-state index contributed by atoms with van der Waals surface area (Å²) in [7, 11) is 0. The van der Waals surface area contributed by atoms with Gasteiger partial charge in [0.1, 0.15) is 5.82 Å². The van der Waals surface area contributed by atoms with Crippen LogP contribution in [-0.4, -0.2) is 22.2 Å². The molecule has 0 atom stereocenters. The lowest BCUT2D eigenvalue weighted by Gasteiger charge is -2.33. The zero-order chi connectivity index (χ0) is 13.5. The quantitative estimate of drug-likeness (QED) is 0.897. The molecule has 0 bridgehead atoms. The molecule has 0 amide bonds. The van der Waals surface area contributed by atoms with Crippen molar-refractivity contribution in [2.75, 3.05) is 11.4 Å². The smallest absolute Gasteiger partial charge is 0.137 e. The van der Waals surface area contributed by atoms with E-state index in [1.165, 1.54) is 18.2 Å². The molecule has 1 saturated heterocycles. The summed E-state index contributed by atoms with van der Waals surface area (Å²) in [5.41, 5.74) is 0.889. The molecule has 1 aliphatic rings. The third-order valence-electron chi connectivity index (χ3n) is 4.09. The zero-order valence-corrected chi connectivity index (χ0v) is 11.6. The second-order valence-corrected chi connectivity index (χ2v) is 5.88. The van der Waals surface area contributed by atoms with Gasteiger partial charge < -0.3 is 10.0 Å². The van der Waals surface area contributed by atoms with Crippen LogP contribution < -0.4 is 4.90 Å². The lowest BCUT2D eigenvalue weighted by molar-refractivity contribution is 0.277. The molecule has 3 heteroatoms. The minimum absolute atomic E-state index is 0.00783. The highest BCUT2D eigenvalue weighted by molar-refractivity contribution is 5.93. The van der Waals surface area contributed by atoms with Crippen molar-refractivity contribution < 1.29 is 5.11 Å². The van der Waals surface area contributed by atoms with Crippen LogP contribution in [0.5, 0.6) is 0 Å². The SMILES string of the molecule is CC1(C)CCCN1c1nc(CO)cc2ccccc12. The first-order chi connectivity index (χ1) is 9.12. The molecule has 0 radical (unpaired) electrons. The number of anilines is 1. The van der Waals surface area contributed by atoms with Gasteiger partial charge in [0.2, 0.25) is 0 Å². The first kappa shape index (κ1) is 12.4. The number of aliphatic hydroxyl groups excluding tert-OH is 1. The molecule has 1 aromatic heterocycles. The van der Waals surface area contributed by atoms with Gasteiger partial charge in [-0.3, -0.25) is 0 Å². The molecule has 1 aromatic carbocycles. The Kier molecular flexibility index (Phi) is 2.94. The van der Waals surface area contributed by atoms with Crippen LogP contribution in [0.1, 0.15) is 32.4 Å². The van der Waals surface area contributed by atoms with Crippen molar-refractivity contribution in [3.05, 3.63) is 36.0 Å². The van der Waals surface area contributed by atoms with Crippen molar-refractivity contribution in [3.8, 4) is 0 Å². The van der Waals surface area contributed by atoms with E-state index in [2.05, 4.69) is 41.9 Å². The van der Waals surface area contributed by atoms with Gasteiger partial charge in [-0.15, -0.1) is 0 Å². The minimum Gasteiger partial charge on any atom is -0.390 e. The second kappa shape index (κ2) is 4.49. The Bertz CT molecular complexity index is 607. The lowest BCUT2D eigenvalue weighted by atomic mass is 10.0. The molecule has 2 aromatic rings. The molecule has 2 heterocycles. The fraction of sp³-hybridized carbons (Fsp3) is 0.438. The molecule has 100 valence electrons. The van der Waals surface area contributed by atoms with Crippen molar-refractivity contribution in [2.24, 2.45) is 0 Å². The van der Waals surface area contributed by atoms with E-state index in [1.54, 1.807) is 0 Å². The molecule has 0 unspecified atom stereocenters. The van der Waals surface area contributed by atoms with E-state index in [-0.39, 0.29) is 12.1 Å². The third-order valence-corrected chi connectivity index (χ3v) is 4.09. The van der Waals surface area contributed by atoms with Crippen LogP contribution in [0, 0.1) is 0 Å². The summed E-state index contributed by atoms with van der Waals surface area (Å²) in [6, 6.07) is 10.3. The lowest BCUT2D eigenvalue weighted by Crippen LogP contribution is -2.38. The van der Waals surface area contributed by atoms with Crippen molar-refractivity contribution >= 4 is 16.6 Å². The Hall–Kier alpha value is -1.61. The summed E-state index contributed by atoms with van der Waals surface area (Å²) in [6.07, 6.45) is 2.39. The van der Waals surface area contributed by atoms with E-state index in [1.807, 2.05) is 12.1 Å². The van der Waals surface area contributed by atoms with Crippen LogP contribution in [0.15, 0.2) is 30.3 Å². The molecule has 1 N–H and O–H groups in total. The first-order valence-corrected chi connectivity index (χ1v) is 6.89. The van der Waals surface area contributed by atoms with E-state index < -0.39 is 0 Å². The fourth-order valence-corrected chi connectivity index (χ4v) is 3.02. The highest BCUT2D eigenvalue weighted by Gasteiger charge is 2.33. The topological polar surface area (TPSA) is 36.4 Å². The molecule has 1 fully saturated rings. The average molecular weight is 256 g/mol. The van der Waals surface area contributed by atoms with Gasteiger partial charge in [-0.2, -0.15) is 0 Å². The summed E-state index contributed by atoms with van der Waals surface area (Å²) < 4.78 is 0. The Morgan fingerprint density at radius 2 is 2.11 bits per heavy atom. The molecule has 0 aliphatic carbocycles. The first-order valence-electron chi connectivity index (χ1n) is 6.89. The van der Waals surface area contributed by atoms with Crippen molar-refractivity contribution in [2.45, 2.75) is 38.8 Å². The maximum absolute atomic E-state index is 9.41. The summed E-state index contributed by atoms with van der Waals surface area (Å²) in [4.78, 5) is 7.06. The van der Waals surface area contributed by atoms with Crippen LogP contribution in [0.2, 0.25) is 0 Å². The number of aliphatic hydroxyl groups is 1. The predicted molar refractivity (Wildman–Crippen MR) is 78.3 cm³/mol. The van der Waals surface area contributed by atoms with E-state index in [9.17, 15) is 5.11 Å². The van der Waals surface area contributed by atoms with E-state index >= 15 is 0 Å². The number of rotatable bonds is 2. The van der Waals surface area contributed by atoms with Gasteiger partial charge in [-0.05, 0) is 38.1 Å². The Labute approximate surface area is 113 Å². The second-order valence-electron chi connectivity index (χ2n) is 5.88. The fourth-order valence-electron chi connectivity index (χ4n) is 3.02. The summed E-state index contributed by atoms with van der Waals surface area (Å²) in [5.74, 6) is 1.02. The van der Waals surface area contributed by atoms with Gasteiger partial charge in [0.05, 0.1) is 12.3 Å². The standard InChI is InChI=1S/C16H20N2O/c1-16(2)8-5-9-18(16)15-14-7-4-3-6-12(14)10-13(11-19)17-15/h3-4,6-7,10,19H,5,8-9,11H2,1-2H3. The van der Waals surface area contributed by atoms with Crippen LogP contribution in [0.4, 0.5) is 5.82 Å². The summed E-state index contributed by atoms with van der Waals surface area (Å²) >= 11 is 0. The van der Waals surface area contributed by atoms with Crippen molar-refractivity contribution in [1.82, 2.24) is 4.98 Å². The van der Waals surface area contributed by atoms with Gasteiger partial charge in [0, 0.05) is 17.5 Å². The number of aromatic nitrogens is 1. The van der Waals surface area contributed by atoms with Crippen molar-refractivity contribution in [3.63, 3.8) is 0 Å². The summed E-state index contributed by atoms with van der Waals surface area (Å²) in [6.45, 7) is 5.56. The van der Waals surface area contributed by atoms with Crippen LogP contribution in [-0.2, 0) is 6.61 Å². The number of pyridine rings is 1. The minimum atomic E-state index is -0.00783. The van der Waals surface area contributed by atoms with E-state index in [4.69, 9.17) is 0 Å². The molecule has 1 aliphatic heterocycles. The highest BCUT2D eigenvalue weighted by atomic mass is 16.3. The predicted octanol–water partition coefficient (Wildman–Crippen LogP) is 3.11. The third kappa shape index (κ3) is 2.08. The van der Waals surface area contributed by atoms with Gasteiger partial charge in [0.25, 0.3) is 0 Å². The molecule has 19 heavy (non-hydrogen) atoms. The Balaban J connectivity index is 2.21. The molecule has 0 saturated carbocycles. The van der Waals surface area contributed by atoms with Crippen molar-refractivity contribution in [1.29, 1.82) is 0 Å². The summed E-state index contributed by atoms with van der Waals surface area (Å²) in [5, 5.41) is 11.7. The average Bonchev–Trinajstić information content (AvgIpc) is 2.77. The van der Waals surface area contributed by atoms with Crippen LogP contribution in [0.3, 0.4) is 0 Å². The molecular weight excluding hydrogens is 236 g/mol. The van der Waals surface area contributed by atoms with Gasteiger partial charge >= 0.3 is 0 Å². The number of nitrogens with zero attached hydrogens (tertiary/aromatic N) is 2. The number of fused-ring (bicyclic) bond motifs is 1. The largest absolute Gasteiger partial charge is 0.390 e. The normalized spacial score (nSPS) is 18.2. The molecule has 3 rings (SSSR count). The highest BCUT2D eigenvalue weighted by Crippen LogP contribution is 2.36. The maximum atomic E-state index is 9.41. The van der Waals surface area contributed by atoms with Crippen LogP contribution in [0.25, 0.3) is 10.8 Å². The molecule has 0 spiro atoms. The van der Waals surface area contributed by atoms with Crippen LogP contribution >= 0.6 is 0 Å². The molecular formula is C16H20N2O. The monoisotopic (exact) mass is 256 g/mol. The molecule has 3 nitrogen and oxygen atoms in total. The van der Waals surface area contributed by atoms with Gasteiger partial charge in [-0.1, -0.05) is 24.3 Å². The van der Waals surface area contributed by atoms with Gasteiger partial charge in [-0.25, -0.2) is 4.98 Å². The Morgan fingerprint density at radius 3 is 2.79 bits per heavy atom. The zero-order valence-electron chi connectivity index (χ0n) is 11.6. The maximum Gasteiger partial charge on any atom is 0.137 e. The van der Waals surface area contributed by atoms with Gasteiger partial charge in [0.15, 0.2) is 0 Å². The number of hydrogen-bond donors (Lipinski definition) is 1. The van der Waals surface area contributed by atoms with E-state index in [0.717, 1.165) is 23.4 Å². The Morgan fingerprint density at radius 1 is 1.32 bits per heavy atom.